The Morgan fingerprint density at radius 2 is 2.09 bits per heavy atom. The Kier molecular flexibility index (Phi) is 6.21. The van der Waals surface area contributed by atoms with Gasteiger partial charge >= 0.3 is 0 Å². The van der Waals surface area contributed by atoms with Crippen LogP contribution in [0.15, 0.2) is 24.3 Å². The molecule has 0 bridgehead atoms. The van der Waals surface area contributed by atoms with Gasteiger partial charge in [0.1, 0.15) is 0 Å². The number of nitrogens with one attached hydrogen (secondary N) is 2. The SMILES string of the molecule is CC(=O)N[C@H](CC(=O)NC[C@@H]1CCCO1)c1ccc(Cl)cc1. The molecule has 1 fully saturated rings. The molecule has 0 saturated carbocycles. The minimum atomic E-state index is -0.362. The van der Waals surface area contributed by atoms with Gasteiger partial charge < -0.3 is 15.4 Å². The molecule has 2 amide bonds. The summed E-state index contributed by atoms with van der Waals surface area (Å²) in [5.74, 6) is -0.281. The summed E-state index contributed by atoms with van der Waals surface area (Å²) in [4.78, 5) is 23.4. The first kappa shape index (κ1) is 16.8. The smallest absolute Gasteiger partial charge is 0.222 e. The van der Waals surface area contributed by atoms with E-state index in [2.05, 4.69) is 10.6 Å². The van der Waals surface area contributed by atoms with Crippen LogP contribution in [-0.2, 0) is 14.3 Å². The first-order valence-electron chi connectivity index (χ1n) is 7.45. The number of hydrogen-bond donors (Lipinski definition) is 2. The largest absolute Gasteiger partial charge is 0.376 e. The van der Waals surface area contributed by atoms with Crippen LogP contribution in [0.3, 0.4) is 0 Å². The quantitative estimate of drug-likeness (QED) is 0.843. The van der Waals surface area contributed by atoms with E-state index in [1.165, 1.54) is 6.92 Å². The van der Waals surface area contributed by atoms with Crippen molar-refractivity contribution in [1.82, 2.24) is 10.6 Å². The molecular weight excluding hydrogens is 304 g/mol. The number of amides is 2. The van der Waals surface area contributed by atoms with Crippen LogP contribution in [0.25, 0.3) is 0 Å². The summed E-state index contributed by atoms with van der Waals surface area (Å²) >= 11 is 5.87. The Balaban J connectivity index is 1.91. The Hall–Kier alpha value is -1.59. The van der Waals surface area contributed by atoms with Crippen molar-refractivity contribution in [3.05, 3.63) is 34.9 Å². The van der Waals surface area contributed by atoms with Gasteiger partial charge in [-0.3, -0.25) is 9.59 Å². The monoisotopic (exact) mass is 324 g/mol. The fourth-order valence-corrected chi connectivity index (χ4v) is 2.61. The van der Waals surface area contributed by atoms with E-state index < -0.39 is 0 Å². The van der Waals surface area contributed by atoms with E-state index in [0.717, 1.165) is 25.0 Å². The van der Waals surface area contributed by atoms with Crippen LogP contribution in [0.1, 0.15) is 37.8 Å². The van der Waals surface area contributed by atoms with Crippen molar-refractivity contribution in [3.8, 4) is 0 Å². The molecule has 6 heteroatoms. The third kappa shape index (κ3) is 5.31. The van der Waals surface area contributed by atoms with Crippen molar-refractivity contribution in [3.63, 3.8) is 0 Å². The number of carbonyl (C=O) groups excluding carboxylic acids is 2. The van der Waals surface area contributed by atoms with E-state index in [-0.39, 0.29) is 30.4 Å². The predicted molar refractivity (Wildman–Crippen MR) is 84.6 cm³/mol. The first-order valence-corrected chi connectivity index (χ1v) is 7.83. The lowest BCUT2D eigenvalue weighted by molar-refractivity contribution is -0.123. The number of benzene rings is 1. The molecule has 0 radical (unpaired) electrons. The van der Waals surface area contributed by atoms with Gasteiger partial charge in [-0.25, -0.2) is 0 Å². The van der Waals surface area contributed by atoms with Crippen molar-refractivity contribution in [2.24, 2.45) is 0 Å². The average molecular weight is 325 g/mol. The highest BCUT2D eigenvalue weighted by molar-refractivity contribution is 6.30. The zero-order chi connectivity index (χ0) is 15.9. The molecule has 0 unspecified atom stereocenters. The number of carbonyl (C=O) groups is 2. The third-order valence-electron chi connectivity index (χ3n) is 3.59. The molecule has 0 aromatic heterocycles. The van der Waals surface area contributed by atoms with Gasteiger partial charge in [-0.05, 0) is 30.5 Å². The molecule has 1 heterocycles. The minimum Gasteiger partial charge on any atom is -0.376 e. The first-order chi connectivity index (χ1) is 10.5. The molecule has 2 rings (SSSR count). The normalized spacial score (nSPS) is 18.7. The predicted octanol–water partition coefficient (Wildman–Crippen LogP) is 2.20. The van der Waals surface area contributed by atoms with Crippen LogP contribution in [0.4, 0.5) is 0 Å². The van der Waals surface area contributed by atoms with Crippen LogP contribution < -0.4 is 10.6 Å². The standard InChI is InChI=1S/C16H21ClN2O3/c1-11(20)19-15(12-4-6-13(17)7-5-12)9-16(21)18-10-14-3-2-8-22-14/h4-7,14-15H,2-3,8-10H2,1H3,(H,18,21)(H,19,20)/t14-,15+/m0/s1. The fraction of sp³-hybridized carbons (Fsp3) is 0.500. The van der Waals surface area contributed by atoms with E-state index in [4.69, 9.17) is 16.3 Å². The van der Waals surface area contributed by atoms with E-state index in [9.17, 15) is 9.59 Å². The Labute approximate surface area is 135 Å². The molecule has 1 saturated heterocycles. The van der Waals surface area contributed by atoms with Gasteiger partial charge in [-0.1, -0.05) is 23.7 Å². The molecule has 1 aromatic rings. The molecule has 1 aliphatic rings. The van der Waals surface area contributed by atoms with E-state index in [0.29, 0.717) is 11.6 Å². The molecule has 5 nitrogen and oxygen atoms in total. The number of halogens is 1. The second kappa shape index (κ2) is 8.15. The van der Waals surface area contributed by atoms with E-state index >= 15 is 0 Å². The maximum atomic E-state index is 12.1. The molecule has 1 aromatic carbocycles. The summed E-state index contributed by atoms with van der Waals surface area (Å²) in [5, 5.41) is 6.29. The summed E-state index contributed by atoms with van der Waals surface area (Å²) in [6, 6.07) is 6.76. The van der Waals surface area contributed by atoms with Crippen LogP contribution in [-0.4, -0.2) is 31.1 Å². The highest BCUT2D eigenvalue weighted by Gasteiger charge is 2.19. The van der Waals surface area contributed by atoms with E-state index in [1.54, 1.807) is 12.1 Å². The van der Waals surface area contributed by atoms with Crippen molar-refractivity contribution < 1.29 is 14.3 Å². The third-order valence-corrected chi connectivity index (χ3v) is 3.84. The van der Waals surface area contributed by atoms with Gasteiger partial charge in [-0.15, -0.1) is 0 Å². The maximum absolute atomic E-state index is 12.1. The Morgan fingerprint density at radius 3 is 2.68 bits per heavy atom. The van der Waals surface area contributed by atoms with Crippen LogP contribution in [0.5, 0.6) is 0 Å². The zero-order valence-electron chi connectivity index (χ0n) is 12.6. The highest BCUT2D eigenvalue weighted by Crippen LogP contribution is 2.19. The molecule has 0 spiro atoms. The maximum Gasteiger partial charge on any atom is 0.222 e. The van der Waals surface area contributed by atoms with Crippen molar-refractivity contribution in [2.75, 3.05) is 13.2 Å². The molecule has 1 aliphatic heterocycles. The summed E-state index contributed by atoms with van der Waals surface area (Å²) < 4.78 is 5.47. The van der Waals surface area contributed by atoms with E-state index in [1.807, 2.05) is 12.1 Å². The molecule has 120 valence electrons. The molecular formula is C16H21ClN2O3. The van der Waals surface area contributed by atoms with Gasteiger partial charge in [0, 0.05) is 25.1 Å². The lowest BCUT2D eigenvalue weighted by Gasteiger charge is -2.19. The second-order valence-electron chi connectivity index (χ2n) is 5.45. The van der Waals surface area contributed by atoms with Gasteiger partial charge in [-0.2, -0.15) is 0 Å². The van der Waals surface area contributed by atoms with Gasteiger partial charge in [0.2, 0.25) is 11.8 Å². The topological polar surface area (TPSA) is 67.4 Å². The van der Waals surface area contributed by atoms with Crippen LogP contribution in [0.2, 0.25) is 5.02 Å². The number of rotatable bonds is 6. The van der Waals surface area contributed by atoms with Crippen molar-refractivity contribution >= 4 is 23.4 Å². The summed E-state index contributed by atoms with van der Waals surface area (Å²) in [6.45, 7) is 2.72. The van der Waals surface area contributed by atoms with Crippen molar-refractivity contribution in [2.45, 2.75) is 38.3 Å². The lowest BCUT2D eigenvalue weighted by atomic mass is 10.0. The Morgan fingerprint density at radius 1 is 1.36 bits per heavy atom. The Bertz CT molecular complexity index is 513. The summed E-state index contributed by atoms with van der Waals surface area (Å²) in [6.07, 6.45) is 2.32. The molecule has 0 aliphatic carbocycles. The summed E-state index contributed by atoms with van der Waals surface area (Å²) in [5.41, 5.74) is 0.854. The molecule has 2 N–H and O–H groups in total. The van der Waals surface area contributed by atoms with Gasteiger partial charge in [0.05, 0.1) is 18.6 Å². The molecule has 2 atom stereocenters. The van der Waals surface area contributed by atoms with Crippen molar-refractivity contribution in [1.29, 1.82) is 0 Å². The van der Waals surface area contributed by atoms with Crippen LogP contribution >= 0.6 is 11.6 Å². The highest BCUT2D eigenvalue weighted by atomic mass is 35.5. The number of hydrogen-bond acceptors (Lipinski definition) is 3. The fourth-order valence-electron chi connectivity index (χ4n) is 2.48. The minimum absolute atomic E-state index is 0.107. The second-order valence-corrected chi connectivity index (χ2v) is 5.88. The zero-order valence-corrected chi connectivity index (χ0v) is 13.4. The average Bonchev–Trinajstić information content (AvgIpc) is 2.98. The molecule has 22 heavy (non-hydrogen) atoms. The van der Waals surface area contributed by atoms with Crippen LogP contribution in [0, 0.1) is 0 Å². The summed E-state index contributed by atoms with van der Waals surface area (Å²) in [7, 11) is 0. The number of ether oxygens (including phenoxy) is 1. The van der Waals surface area contributed by atoms with Gasteiger partial charge in [0.15, 0.2) is 0 Å². The lowest BCUT2D eigenvalue weighted by Crippen LogP contribution is -2.36. The van der Waals surface area contributed by atoms with Gasteiger partial charge in [0.25, 0.3) is 0 Å².